The molecule has 0 aromatic rings. The van der Waals surface area contributed by atoms with Crippen molar-refractivity contribution >= 4 is 0 Å². The highest BCUT2D eigenvalue weighted by Crippen LogP contribution is 2.80. The molecule has 0 saturated heterocycles. The summed E-state index contributed by atoms with van der Waals surface area (Å²) in [5.74, 6) is 2.68. The lowest BCUT2D eigenvalue weighted by Crippen LogP contribution is -2.73. The topological polar surface area (TPSA) is 0 Å². The van der Waals surface area contributed by atoms with Crippen molar-refractivity contribution in [3.05, 3.63) is 0 Å². The Morgan fingerprint density at radius 3 is 1.95 bits per heavy atom. The second-order valence-electron chi connectivity index (χ2n) is 9.70. The Morgan fingerprint density at radius 1 is 1.00 bits per heavy atom. The van der Waals surface area contributed by atoms with Crippen molar-refractivity contribution in [3.63, 3.8) is 0 Å². The minimum absolute atomic E-state index is 0.433. The molecule has 0 heteroatoms. The first-order chi connectivity index (χ1) is 8.96. The highest BCUT2D eigenvalue weighted by atomic mass is 14.8. The molecule has 5 unspecified atom stereocenters. The van der Waals surface area contributed by atoms with Gasteiger partial charge in [0.2, 0.25) is 0 Å². The lowest BCUT2D eigenvalue weighted by atomic mass is 9.25. The van der Waals surface area contributed by atoms with Crippen molar-refractivity contribution in [1.29, 1.82) is 0 Å². The number of rotatable bonds is 3. The molecule has 5 atom stereocenters. The van der Waals surface area contributed by atoms with Gasteiger partial charge in [-0.05, 0) is 52.3 Å². The molecule has 2 aliphatic rings. The van der Waals surface area contributed by atoms with E-state index in [0.29, 0.717) is 21.7 Å². The van der Waals surface area contributed by atoms with Gasteiger partial charge in [0.15, 0.2) is 0 Å². The SMILES string of the molecule is CCC(C)(C)C1(C)C(C)C(C)(C)C1(C)C1CCC(C)C1. The molecule has 118 valence electrons. The average molecular weight is 279 g/mol. The second-order valence-corrected chi connectivity index (χ2v) is 9.70. The van der Waals surface area contributed by atoms with Gasteiger partial charge in [-0.2, -0.15) is 0 Å². The van der Waals surface area contributed by atoms with E-state index in [1.807, 2.05) is 0 Å². The summed E-state index contributed by atoms with van der Waals surface area (Å²) in [6.45, 7) is 22.8. The molecule has 0 aromatic carbocycles. The predicted octanol–water partition coefficient (Wildman–Crippen LogP) is 6.55. The molecule has 0 heterocycles. The maximum atomic E-state index is 2.65. The zero-order valence-corrected chi connectivity index (χ0v) is 15.6. The fourth-order valence-corrected chi connectivity index (χ4v) is 6.55. The summed E-state index contributed by atoms with van der Waals surface area (Å²) in [6.07, 6.45) is 5.67. The highest BCUT2D eigenvalue weighted by Gasteiger charge is 2.75. The van der Waals surface area contributed by atoms with E-state index in [4.69, 9.17) is 0 Å². The molecule has 0 N–H and O–H groups in total. The molecule has 0 bridgehead atoms. The molecule has 2 rings (SSSR count). The largest absolute Gasteiger partial charge is 0.0649 e. The molecular formula is C20H38. The smallest absolute Gasteiger partial charge is 0.0182 e. The normalized spacial score (nSPS) is 48.1. The van der Waals surface area contributed by atoms with Crippen molar-refractivity contribution in [1.82, 2.24) is 0 Å². The molecule has 0 aromatic heterocycles. The Labute approximate surface area is 128 Å². The molecule has 0 aliphatic heterocycles. The van der Waals surface area contributed by atoms with Gasteiger partial charge in [-0.1, -0.05) is 75.2 Å². The Balaban J connectivity index is 2.46. The molecule has 0 amide bonds. The van der Waals surface area contributed by atoms with E-state index >= 15 is 0 Å². The van der Waals surface area contributed by atoms with Crippen LogP contribution in [-0.2, 0) is 0 Å². The minimum Gasteiger partial charge on any atom is -0.0649 e. The molecule has 0 spiro atoms. The van der Waals surface area contributed by atoms with Crippen LogP contribution >= 0.6 is 0 Å². The van der Waals surface area contributed by atoms with Crippen molar-refractivity contribution in [3.8, 4) is 0 Å². The highest BCUT2D eigenvalue weighted by molar-refractivity contribution is 5.22. The number of hydrogen-bond donors (Lipinski definition) is 0. The van der Waals surface area contributed by atoms with Crippen LogP contribution in [0.5, 0.6) is 0 Å². The van der Waals surface area contributed by atoms with Crippen LogP contribution < -0.4 is 0 Å². The standard InChI is InChI=1S/C20H38/c1-10-17(4,5)19(8)15(3)18(6,7)20(19,9)16-12-11-14(2)13-16/h14-16H,10-13H2,1-9H3. The maximum absolute atomic E-state index is 2.65. The summed E-state index contributed by atoms with van der Waals surface area (Å²) >= 11 is 0. The van der Waals surface area contributed by atoms with Crippen LogP contribution in [0.15, 0.2) is 0 Å². The molecular weight excluding hydrogens is 240 g/mol. The van der Waals surface area contributed by atoms with Gasteiger partial charge in [0.05, 0.1) is 0 Å². The quantitative estimate of drug-likeness (QED) is 0.549. The summed E-state index contributed by atoms with van der Waals surface area (Å²) in [5.41, 5.74) is 1.86. The van der Waals surface area contributed by atoms with Crippen molar-refractivity contribution in [2.75, 3.05) is 0 Å². The lowest BCUT2D eigenvalue weighted by Gasteiger charge is -2.79. The van der Waals surface area contributed by atoms with Crippen molar-refractivity contribution < 1.29 is 0 Å². The van der Waals surface area contributed by atoms with Crippen LogP contribution in [0.25, 0.3) is 0 Å². The first-order valence-electron chi connectivity index (χ1n) is 8.96. The van der Waals surface area contributed by atoms with Gasteiger partial charge in [-0.25, -0.2) is 0 Å². The molecule has 2 aliphatic carbocycles. The Morgan fingerprint density at radius 2 is 1.55 bits per heavy atom. The fraction of sp³-hybridized carbons (Fsp3) is 1.00. The van der Waals surface area contributed by atoms with Gasteiger partial charge in [0, 0.05) is 0 Å². The summed E-state index contributed by atoms with van der Waals surface area (Å²) < 4.78 is 0. The first-order valence-corrected chi connectivity index (χ1v) is 8.96. The van der Waals surface area contributed by atoms with E-state index in [2.05, 4.69) is 62.3 Å². The average Bonchev–Trinajstić information content (AvgIpc) is 2.82. The lowest BCUT2D eigenvalue weighted by molar-refractivity contribution is -0.312. The summed E-state index contributed by atoms with van der Waals surface area (Å²) in [6, 6.07) is 0. The zero-order chi connectivity index (χ0) is 15.6. The fourth-order valence-electron chi connectivity index (χ4n) is 6.55. The van der Waals surface area contributed by atoms with E-state index in [1.165, 1.54) is 25.7 Å². The van der Waals surface area contributed by atoms with Crippen LogP contribution in [0.2, 0.25) is 0 Å². The second kappa shape index (κ2) is 4.50. The van der Waals surface area contributed by atoms with Crippen LogP contribution in [-0.4, -0.2) is 0 Å². The monoisotopic (exact) mass is 278 g/mol. The van der Waals surface area contributed by atoms with Gasteiger partial charge in [0.25, 0.3) is 0 Å². The van der Waals surface area contributed by atoms with E-state index in [-0.39, 0.29) is 0 Å². The summed E-state index contributed by atoms with van der Waals surface area (Å²) in [4.78, 5) is 0. The van der Waals surface area contributed by atoms with Gasteiger partial charge >= 0.3 is 0 Å². The molecule has 0 radical (unpaired) electrons. The van der Waals surface area contributed by atoms with Crippen LogP contribution in [0.1, 0.15) is 88.0 Å². The third-order valence-electron chi connectivity index (χ3n) is 9.17. The first kappa shape index (κ1) is 16.4. The maximum Gasteiger partial charge on any atom is -0.0182 e. The van der Waals surface area contributed by atoms with Crippen molar-refractivity contribution in [2.45, 2.75) is 88.0 Å². The summed E-state index contributed by atoms with van der Waals surface area (Å²) in [7, 11) is 0. The van der Waals surface area contributed by atoms with E-state index in [9.17, 15) is 0 Å². The molecule has 2 saturated carbocycles. The Bertz CT molecular complexity index is 377. The molecule has 0 nitrogen and oxygen atoms in total. The van der Waals surface area contributed by atoms with Gasteiger partial charge < -0.3 is 0 Å². The Kier molecular flexibility index (Phi) is 3.68. The summed E-state index contributed by atoms with van der Waals surface area (Å²) in [5, 5.41) is 0. The van der Waals surface area contributed by atoms with Gasteiger partial charge in [-0.3, -0.25) is 0 Å². The zero-order valence-electron chi connectivity index (χ0n) is 15.6. The van der Waals surface area contributed by atoms with E-state index in [1.54, 1.807) is 0 Å². The molecule has 20 heavy (non-hydrogen) atoms. The minimum atomic E-state index is 0.433. The van der Waals surface area contributed by atoms with Crippen LogP contribution in [0.4, 0.5) is 0 Å². The van der Waals surface area contributed by atoms with E-state index < -0.39 is 0 Å². The third-order valence-corrected chi connectivity index (χ3v) is 9.17. The third kappa shape index (κ3) is 1.60. The van der Waals surface area contributed by atoms with Crippen LogP contribution in [0, 0.1) is 39.4 Å². The van der Waals surface area contributed by atoms with E-state index in [0.717, 1.165) is 17.8 Å². The predicted molar refractivity (Wildman–Crippen MR) is 89.7 cm³/mol. The Hall–Kier alpha value is 0. The number of hydrogen-bond acceptors (Lipinski definition) is 0. The van der Waals surface area contributed by atoms with Crippen molar-refractivity contribution in [2.24, 2.45) is 39.4 Å². The molecule has 2 fully saturated rings. The van der Waals surface area contributed by atoms with Gasteiger partial charge in [-0.15, -0.1) is 0 Å². The van der Waals surface area contributed by atoms with Crippen LogP contribution in [0.3, 0.4) is 0 Å². The van der Waals surface area contributed by atoms with Gasteiger partial charge in [0.1, 0.15) is 0 Å².